The molecule has 0 unspecified atom stereocenters. The molecule has 2 N–H and O–H groups in total. The maximum absolute atomic E-state index is 12.1. The van der Waals surface area contributed by atoms with Gasteiger partial charge in [0.1, 0.15) is 6.61 Å². The number of ether oxygens (including phenoxy) is 1. The van der Waals surface area contributed by atoms with E-state index in [4.69, 9.17) is 4.74 Å². The standard InChI is InChI=1S/C12H21F3N2O2/c1-2-16-11(18)17-7-9-5-3-4-6-10(9)19-8-12(13,14)15/h9-10H,2-8H2,1H3,(H2,16,17,18)/t9-,10-/m1/s1. The molecule has 0 aromatic carbocycles. The summed E-state index contributed by atoms with van der Waals surface area (Å²) in [6, 6.07) is -0.289. The fourth-order valence-corrected chi connectivity index (χ4v) is 2.27. The van der Waals surface area contributed by atoms with Crippen molar-refractivity contribution in [3.8, 4) is 0 Å². The van der Waals surface area contributed by atoms with E-state index in [9.17, 15) is 18.0 Å². The second-order valence-electron chi connectivity index (χ2n) is 4.75. The molecule has 0 aliphatic heterocycles. The Balaban J connectivity index is 2.37. The highest BCUT2D eigenvalue weighted by molar-refractivity contribution is 5.73. The maximum atomic E-state index is 12.1. The molecule has 19 heavy (non-hydrogen) atoms. The lowest BCUT2D eigenvalue weighted by Crippen LogP contribution is -2.42. The highest BCUT2D eigenvalue weighted by Gasteiger charge is 2.33. The minimum atomic E-state index is -4.30. The minimum Gasteiger partial charge on any atom is -0.368 e. The Morgan fingerprint density at radius 1 is 1.26 bits per heavy atom. The summed E-state index contributed by atoms with van der Waals surface area (Å²) in [7, 11) is 0. The number of amides is 2. The molecule has 0 heterocycles. The van der Waals surface area contributed by atoms with Crippen LogP contribution < -0.4 is 10.6 Å². The number of alkyl halides is 3. The Hall–Kier alpha value is -0.980. The van der Waals surface area contributed by atoms with Crippen LogP contribution in [0.15, 0.2) is 0 Å². The van der Waals surface area contributed by atoms with Gasteiger partial charge in [-0.15, -0.1) is 0 Å². The van der Waals surface area contributed by atoms with Crippen molar-refractivity contribution >= 4 is 6.03 Å². The quantitative estimate of drug-likeness (QED) is 0.813. The molecule has 0 radical (unpaired) electrons. The van der Waals surface area contributed by atoms with Crippen LogP contribution >= 0.6 is 0 Å². The van der Waals surface area contributed by atoms with Crippen LogP contribution in [0.25, 0.3) is 0 Å². The van der Waals surface area contributed by atoms with Gasteiger partial charge in [0.05, 0.1) is 6.10 Å². The van der Waals surface area contributed by atoms with Crippen LogP contribution in [0.4, 0.5) is 18.0 Å². The first-order valence-corrected chi connectivity index (χ1v) is 6.62. The number of hydrogen-bond donors (Lipinski definition) is 2. The van der Waals surface area contributed by atoms with Crippen molar-refractivity contribution in [3.63, 3.8) is 0 Å². The molecule has 4 nitrogen and oxygen atoms in total. The van der Waals surface area contributed by atoms with Gasteiger partial charge in [-0.1, -0.05) is 12.8 Å². The van der Waals surface area contributed by atoms with Crippen LogP contribution in [0, 0.1) is 5.92 Å². The number of halogens is 3. The molecule has 1 aliphatic carbocycles. The van der Waals surface area contributed by atoms with E-state index in [0.29, 0.717) is 19.5 Å². The summed E-state index contributed by atoms with van der Waals surface area (Å²) in [4.78, 5) is 11.3. The molecular formula is C12H21F3N2O2. The molecule has 1 fully saturated rings. The first kappa shape index (κ1) is 16.1. The van der Waals surface area contributed by atoms with Gasteiger partial charge in [-0.2, -0.15) is 13.2 Å². The van der Waals surface area contributed by atoms with E-state index < -0.39 is 18.9 Å². The molecule has 0 aromatic rings. The second kappa shape index (κ2) is 7.57. The van der Waals surface area contributed by atoms with Gasteiger partial charge in [0.25, 0.3) is 0 Å². The van der Waals surface area contributed by atoms with Gasteiger partial charge < -0.3 is 15.4 Å². The third-order valence-corrected chi connectivity index (χ3v) is 3.16. The van der Waals surface area contributed by atoms with Crippen LogP contribution in [0.3, 0.4) is 0 Å². The molecule has 0 spiro atoms. The first-order valence-electron chi connectivity index (χ1n) is 6.62. The summed E-state index contributed by atoms with van der Waals surface area (Å²) in [6.45, 7) is 1.46. The number of nitrogens with one attached hydrogen (secondary N) is 2. The van der Waals surface area contributed by atoms with E-state index >= 15 is 0 Å². The smallest absolute Gasteiger partial charge is 0.368 e. The highest BCUT2D eigenvalue weighted by atomic mass is 19.4. The summed E-state index contributed by atoms with van der Waals surface area (Å²) in [5.41, 5.74) is 0. The van der Waals surface area contributed by atoms with Gasteiger partial charge in [0.15, 0.2) is 0 Å². The van der Waals surface area contributed by atoms with Gasteiger partial charge >= 0.3 is 12.2 Å². The molecule has 112 valence electrons. The predicted octanol–water partition coefficient (Wildman–Crippen LogP) is 2.44. The zero-order valence-corrected chi connectivity index (χ0v) is 11.1. The lowest BCUT2D eigenvalue weighted by Gasteiger charge is -2.31. The van der Waals surface area contributed by atoms with Crippen molar-refractivity contribution < 1.29 is 22.7 Å². The minimum absolute atomic E-state index is 0.0429. The monoisotopic (exact) mass is 282 g/mol. The van der Waals surface area contributed by atoms with Gasteiger partial charge in [-0.25, -0.2) is 4.79 Å². The van der Waals surface area contributed by atoms with Gasteiger partial charge in [0, 0.05) is 19.0 Å². The molecule has 7 heteroatoms. The fraction of sp³-hybridized carbons (Fsp3) is 0.917. The van der Waals surface area contributed by atoms with Crippen molar-refractivity contribution in [2.24, 2.45) is 5.92 Å². The predicted molar refractivity (Wildman–Crippen MR) is 64.8 cm³/mol. The molecule has 1 saturated carbocycles. The Morgan fingerprint density at radius 2 is 1.95 bits per heavy atom. The van der Waals surface area contributed by atoms with Crippen molar-refractivity contribution in [3.05, 3.63) is 0 Å². The summed E-state index contributed by atoms with van der Waals surface area (Å²) in [5, 5.41) is 5.25. The van der Waals surface area contributed by atoms with Crippen molar-refractivity contribution in [2.45, 2.75) is 44.9 Å². The normalized spacial score (nSPS) is 24.0. The van der Waals surface area contributed by atoms with E-state index in [-0.39, 0.29) is 11.9 Å². The summed E-state index contributed by atoms with van der Waals surface area (Å²) < 4.78 is 41.4. The van der Waals surface area contributed by atoms with E-state index in [1.807, 2.05) is 0 Å². The molecule has 1 aliphatic rings. The molecule has 0 bridgehead atoms. The number of carbonyl (C=O) groups is 1. The lowest BCUT2D eigenvalue weighted by atomic mass is 9.86. The van der Waals surface area contributed by atoms with Crippen molar-refractivity contribution in [1.29, 1.82) is 0 Å². The Kier molecular flexibility index (Phi) is 6.41. The van der Waals surface area contributed by atoms with Crippen LogP contribution in [0.2, 0.25) is 0 Å². The maximum Gasteiger partial charge on any atom is 0.411 e. The van der Waals surface area contributed by atoms with Crippen LogP contribution in [-0.2, 0) is 4.74 Å². The lowest BCUT2D eigenvalue weighted by molar-refractivity contribution is -0.193. The zero-order valence-electron chi connectivity index (χ0n) is 11.1. The van der Waals surface area contributed by atoms with E-state index in [1.165, 1.54) is 0 Å². The van der Waals surface area contributed by atoms with E-state index in [2.05, 4.69) is 10.6 Å². The highest BCUT2D eigenvalue weighted by Crippen LogP contribution is 2.28. The molecule has 0 saturated heterocycles. The molecule has 1 rings (SSSR count). The van der Waals surface area contributed by atoms with Crippen molar-refractivity contribution in [1.82, 2.24) is 10.6 Å². The number of urea groups is 1. The Morgan fingerprint density at radius 3 is 2.58 bits per heavy atom. The van der Waals surface area contributed by atoms with Gasteiger partial charge in [-0.3, -0.25) is 0 Å². The number of rotatable bonds is 5. The Bertz CT molecular complexity index is 285. The second-order valence-corrected chi connectivity index (χ2v) is 4.75. The van der Waals surface area contributed by atoms with Crippen LogP contribution in [0.5, 0.6) is 0 Å². The first-order chi connectivity index (χ1) is 8.92. The van der Waals surface area contributed by atoms with Gasteiger partial charge in [0.2, 0.25) is 0 Å². The Labute approximate surface area is 111 Å². The van der Waals surface area contributed by atoms with Crippen LogP contribution in [-0.4, -0.2) is 38.0 Å². The summed E-state index contributed by atoms with van der Waals surface area (Å²) >= 11 is 0. The third kappa shape index (κ3) is 6.66. The molecule has 0 aromatic heterocycles. The average molecular weight is 282 g/mol. The summed E-state index contributed by atoms with van der Waals surface area (Å²) in [6.07, 6.45) is -1.47. The topological polar surface area (TPSA) is 50.4 Å². The van der Waals surface area contributed by atoms with Crippen molar-refractivity contribution in [2.75, 3.05) is 19.7 Å². The zero-order chi connectivity index (χ0) is 14.3. The molecule has 2 amide bonds. The summed E-state index contributed by atoms with van der Waals surface area (Å²) in [5.74, 6) is -0.0429. The molecular weight excluding hydrogens is 261 g/mol. The SMILES string of the molecule is CCNC(=O)NC[C@H]1CCCC[C@H]1OCC(F)(F)F. The largest absolute Gasteiger partial charge is 0.411 e. The van der Waals surface area contributed by atoms with Crippen LogP contribution in [0.1, 0.15) is 32.6 Å². The number of hydrogen-bond acceptors (Lipinski definition) is 2. The van der Waals surface area contributed by atoms with E-state index in [0.717, 1.165) is 19.3 Å². The fourth-order valence-electron chi connectivity index (χ4n) is 2.27. The molecule has 2 atom stereocenters. The van der Waals surface area contributed by atoms with E-state index in [1.54, 1.807) is 6.92 Å². The van der Waals surface area contributed by atoms with Gasteiger partial charge in [-0.05, 0) is 19.8 Å². The average Bonchev–Trinajstić information content (AvgIpc) is 2.34. The third-order valence-electron chi connectivity index (χ3n) is 3.16. The number of carbonyl (C=O) groups excluding carboxylic acids is 1.